The molecule has 3 nitrogen and oxygen atoms in total. The van der Waals surface area contributed by atoms with Crippen LogP contribution in [0.3, 0.4) is 0 Å². The zero-order valence-corrected chi connectivity index (χ0v) is 11.3. The van der Waals surface area contributed by atoms with Crippen molar-refractivity contribution in [3.8, 4) is 0 Å². The van der Waals surface area contributed by atoms with Gasteiger partial charge in [0.1, 0.15) is 6.10 Å². The number of hydrogen-bond donors (Lipinski definition) is 1. The van der Waals surface area contributed by atoms with Crippen molar-refractivity contribution in [3.63, 3.8) is 0 Å². The number of rotatable bonds is 3. The van der Waals surface area contributed by atoms with Crippen molar-refractivity contribution in [1.82, 2.24) is 0 Å². The first-order valence-electron chi connectivity index (χ1n) is 4.19. The molecule has 0 radical (unpaired) electrons. The third kappa shape index (κ3) is 3.25. The van der Waals surface area contributed by atoms with Gasteiger partial charge in [0.25, 0.3) is 0 Å². The molecule has 0 heterocycles. The van der Waals surface area contributed by atoms with Crippen molar-refractivity contribution in [2.75, 3.05) is 6.26 Å². The van der Waals surface area contributed by atoms with Crippen LogP contribution in [0.4, 0.5) is 0 Å². The van der Waals surface area contributed by atoms with E-state index in [9.17, 15) is 13.5 Å². The van der Waals surface area contributed by atoms with E-state index in [0.29, 0.717) is 5.02 Å². The predicted octanol–water partition coefficient (Wildman–Crippen LogP) is 2.64. The molecule has 1 N–H and O–H groups in total. The van der Waals surface area contributed by atoms with Gasteiger partial charge in [0, 0.05) is 21.9 Å². The molecule has 2 atom stereocenters. The molecule has 2 unspecified atom stereocenters. The summed E-state index contributed by atoms with van der Waals surface area (Å²) in [6, 6.07) is 4.35. The van der Waals surface area contributed by atoms with Gasteiger partial charge < -0.3 is 5.11 Å². The van der Waals surface area contributed by atoms with Gasteiger partial charge >= 0.3 is 0 Å². The number of aliphatic hydroxyl groups excluding tert-OH is 1. The standard InChI is InChI=1S/C9H9Cl3O3S/c1-16(14,15)9(12)8(13)6-3-2-5(10)4-7(6)11/h2-4,8-9,13H,1H3. The van der Waals surface area contributed by atoms with Crippen molar-refractivity contribution < 1.29 is 13.5 Å². The Kier molecular flexibility index (Phi) is 4.49. The maximum absolute atomic E-state index is 11.2. The van der Waals surface area contributed by atoms with Gasteiger partial charge in [-0.25, -0.2) is 8.42 Å². The van der Waals surface area contributed by atoms with Crippen LogP contribution in [-0.4, -0.2) is 24.5 Å². The summed E-state index contributed by atoms with van der Waals surface area (Å²) in [5, 5.41) is 10.3. The van der Waals surface area contributed by atoms with Crippen LogP contribution in [0.25, 0.3) is 0 Å². The average molecular weight is 304 g/mol. The Balaban J connectivity index is 3.10. The highest BCUT2D eigenvalue weighted by atomic mass is 35.5. The largest absolute Gasteiger partial charge is 0.386 e. The van der Waals surface area contributed by atoms with Crippen LogP contribution in [0.2, 0.25) is 10.0 Å². The third-order valence-corrected chi connectivity index (χ3v) is 4.79. The molecule has 0 fully saturated rings. The van der Waals surface area contributed by atoms with Crippen LogP contribution in [-0.2, 0) is 9.84 Å². The lowest BCUT2D eigenvalue weighted by Gasteiger charge is -2.16. The molecule has 90 valence electrons. The van der Waals surface area contributed by atoms with Crippen LogP contribution in [0.5, 0.6) is 0 Å². The number of aliphatic hydroxyl groups is 1. The molecule has 0 aliphatic rings. The van der Waals surface area contributed by atoms with Crippen LogP contribution < -0.4 is 0 Å². The second-order valence-corrected chi connectivity index (χ2v) is 7.03. The Hall–Kier alpha value is -0.000000000000000111. The maximum Gasteiger partial charge on any atom is 0.167 e. The van der Waals surface area contributed by atoms with Crippen molar-refractivity contribution in [2.45, 2.75) is 10.8 Å². The second-order valence-electron chi connectivity index (χ2n) is 3.29. The Bertz CT molecular complexity index is 487. The van der Waals surface area contributed by atoms with Gasteiger partial charge in [-0.3, -0.25) is 0 Å². The highest BCUT2D eigenvalue weighted by Gasteiger charge is 2.29. The van der Waals surface area contributed by atoms with Gasteiger partial charge in [-0.1, -0.05) is 29.3 Å². The topological polar surface area (TPSA) is 54.4 Å². The summed E-state index contributed by atoms with van der Waals surface area (Å²) in [4.78, 5) is 0. The number of halogens is 3. The van der Waals surface area contributed by atoms with Crippen molar-refractivity contribution in [2.24, 2.45) is 0 Å². The molecule has 0 aliphatic carbocycles. The summed E-state index contributed by atoms with van der Waals surface area (Å²) in [6.07, 6.45) is -0.445. The van der Waals surface area contributed by atoms with Gasteiger partial charge in [-0.15, -0.1) is 11.6 Å². The summed E-state index contributed by atoms with van der Waals surface area (Å²) < 4.78 is 20.9. The molecule has 0 bridgehead atoms. The molecule has 0 saturated heterocycles. The minimum Gasteiger partial charge on any atom is -0.386 e. The predicted molar refractivity (Wildman–Crippen MR) is 65.9 cm³/mol. The fourth-order valence-electron chi connectivity index (χ4n) is 1.12. The lowest BCUT2D eigenvalue weighted by molar-refractivity contribution is 0.192. The monoisotopic (exact) mass is 302 g/mol. The molecule has 1 rings (SSSR count). The Labute approximate surface area is 109 Å². The molecule has 0 amide bonds. The molecule has 0 aliphatic heterocycles. The first-order valence-corrected chi connectivity index (χ1v) is 7.34. The summed E-state index contributed by atoms with van der Waals surface area (Å²) >= 11 is 17.1. The molecular formula is C9H9Cl3O3S. The van der Waals surface area contributed by atoms with Crippen molar-refractivity contribution in [1.29, 1.82) is 0 Å². The smallest absolute Gasteiger partial charge is 0.167 e. The van der Waals surface area contributed by atoms with Crippen LogP contribution in [0.15, 0.2) is 18.2 Å². The van der Waals surface area contributed by atoms with Gasteiger partial charge in [0.2, 0.25) is 0 Å². The molecule has 1 aromatic rings. The third-order valence-electron chi connectivity index (χ3n) is 1.94. The zero-order chi connectivity index (χ0) is 12.5. The molecule has 1 aromatic carbocycles. The molecule has 7 heteroatoms. The second kappa shape index (κ2) is 5.10. The lowest BCUT2D eigenvalue weighted by Crippen LogP contribution is -2.22. The normalized spacial score (nSPS) is 15.8. The quantitative estimate of drug-likeness (QED) is 0.873. The first kappa shape index (κ1) is 14.1. The molecule has 0 saturated carbocycles. The van der Waals surface area contributed by atoms with Gasteiger partial charge in [-0.05, 0) is 12.1 Å². The van der Waals surface area contributed by atoms with E-state index in [1.54, 1.807) is 0 Å². The molecular weight excluding hydrogens is 295 g/mol. The van der Waals surface area contributed by atoms with Crippen LogP contribution in [0, 0.1) is 0 Å². The fraction of sp³-hybridized carbons (Fsp3) is 0.333. The summed E-state index contributed by atoms with van der Waals surface area (Å²) in [7, 11) is -3.55. The highest BCUT2D eigenvalue weighted by molar-refractivity contribution is 7.92. The molecule has 0 aromatic heterocycles. The zero-order valence-electron chi connectivity index (χ0n) is 8.19. The SMILES string of the molecule is CS(=O)(=O)C(Cl)C(O)c1ccc(Cl)cc1Cl. The summed E-state index contributed by atoms with van der Waals surface area (Å²) in [5.41, 5.74) is 0.233. The minimum atomic E-state index is -3.55. The first-order chi connectivity index (χ1) is 7.23. The molecule has 0 spiro atoms. The van der Waals surface area contributed by atoms with E-state index in [1.807, 2.05) is 0 Å². The van der Waals surface area contributed by atoms with E-state index in [0.717, 1.165) is 6.26 Å². The van der Waals surface area contributed by atoms with E-state index in [4.69, 9.17) is 34.8 Å². The van der Waals surface area contributed by atoms with Crippen LogP contribution >= 0.6 is 34.8 Å². The average Bonchev–Trinajstić information content (AvgIpc) is 2.14. The Morgan fingerprint density at radius 2 is 1.88 bits per heavy atom. The van der Waals surface area contributed by atoms with Crippen LogP contribution in [0.1, 0.15) is 11.7 Å². The van der Waals surface area contributed by atoms with E-state index in [1.165, 1.54) is 18.2 Å². The van der Waals surface area contributed by atoms with E-state index in [-0.39, 0.29) is 10.6 Å². The number of sulfone groups is 1. The van der Waals surface area contributed by atoms with Crippen molar-refractivity contribution in [3.05, 3.63) is 33.8 Å². The fourth-order valence-corrected chi connectivity index (χ4v) is 2.39. The Morgan fingerprint density at radius 1 is 1.31 bits per heavy atom. The number of benzene rings is 1. The highest BCUT2D eigenvalue weighted by Crippen LogP contribution is 2.31. The summed E-state index contributed by atoms with van der Waals surface area (Å²) in [5.74, 6) is 0. The maximum atomic E-state index is 11.2. The van der Waals surface area contributed by atoms with Crippen molar-refractivity contribution >= 4 is 44.6 Å². The van der Waals surface area contributed by atoms with Gasteiger partial charge in [0.15, 0.2) is 14.5 Å². The van der Waals surface area contributed by atoms with E-state index in [2.05, 4.69) is 0 Å². The lowest BCUT2D eigenvalue weighted by atomic mass is 10.1. The molecule has 16 heavy (non-hydrogen) atoms. The minimum absolute atomic E-state index is 0.175. The van der Waals surface area contributed by atoms with Gasteiger partial charge in [-0.2, -0.15) is 0 Å². The van der Waals surface area contributed by atoms with Gasteiger partial charge in [0.05, 0.1) is 0 Å². The summed E-state index contributed by atoms with van der Waals surface area (Å²) in [6.45, 7) is 0. The van der Waals surface area contributed by atoms with E-state index >= 15 is 0 Å². The number of hydrogen-bond acceptors (Lipinski definition) is 3. The van der Waals surface area contributed by atoms with E-state index < -0.39 is 20.7 Å². The number of alkyl halides is 1. The Morgan fingerprint density at radius 3 is 2.31 bits per heavy atom.